The molecule has 22 heavy (non-hydrogen) atoms. The summed E-state index contributed by atoms with van der Waals surface area (Å²) in [6, 6.07) is -0.0950. The molecule has 130 valence electrons. The molecule has 1 N–H and O–H groups in total. The Balaban J connectivity index is 4.46. The first-order valence-electron chi connectivity index (χ1n) is 8.00. The van der Waals surface area contributed by atoms with Crippen LogP contribution < -0.4 is 5.32 Å². The predicted octanol–water partition coefficient (Wildman–Crippen LogP) is 4.05. The summed E-state index contributed by atoms with van der Waals surface area (Å²) >= 11 is 0. The molecular formula is C17H33NO4. The van der Waals surface area contributed by atoms with Gasteiger partial charge in [-0.25, -0.2) is 4.79 Å². The maximum absolute atomic E-state index is 11.9. The van der Waals surface area contributed by atoms with Gasteiger partial charge in [0.1, 0.15) is 11.2 Å². The Morgan fingerprint density at radius 2 is 1.45 bits per heavy atom. The normalized spacial score (nSPS) is 13.7. The van der Waals surface area contributed by atoms with E-state index in [-0.39, 0.29) is 18.4 Å². The Morgan fingerprint density at radius 3 is 1.86 bits per heavy atom. The van der Waals surface area contributed by atoms with E-state index in [0.717, 1.165) is 6.42 Å². The number of carbonyl (C=O) groups excluding carboxylic acids is 2. The van der Waals surface area contributed by atoms with Gasteiger partial charge in [0.2, 0.25) is 0 Å². The highest BCUT2D eigenvalue weighted by atomic mass is 16.6. The molecule has 0 spiro atoms. The quantitative estimate of drug-likeness (QED) is 0.751. The molecule has 1 amide bonds. The van der Waals surface area contributed by atoms with Gasteiger partial charge >= 0.3 is 12.1 Å². The zero-order valence-electron chi connectivity index (χ0n) is 15.4. The Kier molecular flexibility index (Phi) is 7.91. The van der Waals surface area contributed by atoms with Gasteiger partial charge in [-0.1, -0.05) is 13.8 Å². The van der Waals surface area contributed by atoms with Crippen LogP contribution in [0, 0.1) is 5.92 Å². The number of esters is 1. The Morgan fingerprint density at radius 1 is 0.955 bits per heavy atom. The minimum atomic E-state index is -0.530. The summed E-state index contributed by atoms with van der Waals surface area (Å²) in [4.78, 5) is 23.7. The molecule has 0 rings (SSSR count). The number of hydrogen-bond acceptors (Lipinski definition) is 4. The van der Waals surface area contributed by atoms with Crippen LogP contribution in [-0.4, -0.2) is 29.3 Å². The summed E-state index contributed by atoms with van der Waals surface area (Å²) in [6.45, 7) is 15.2. The molecule has 1 unspecified atom stereocenters. The average molecular weight is 315 g/mol. The van der Waals surface area contributed by atoms with Crippen molar-refractivity contribution in [1.82, 2.24) is 5.32 Å². The fourth-order valence-corrected chi connectivity index (χ4v) is 1.98. The summed E-state index contributed by atoms with van der Waals surface area (Å²) < 4.78 is 10.6. The van der Waals surface area contributed by atoms with Gasteiger partial charge in [-0.15, -0.1) is 0 Å². The highest BCUT2D eigenvalue weighted by molar-refractivity contribution is 5.70. The van der Waals surface area contributed by atoms with E-state index in [9.17, 15) is 9.59 Å². The fraction of sp³-hybridized carbons (Fsp3) is 0.882. The van der Waals surface area contributed by atoms with E-state index in [1.165, 1.54) is 0 Å². The van der Waals surface area contributed by atoms with Crippen molar-refractivity contribution in [3.63, 3.8) is 0 Å². The van der Waals surface area contributed by atoms with E-state index >= 15 is 0 Å². The van der Waals surface area contributed by atoms with Gasteiger partial charge in [0.15, 0.2) is 0 Å². The predicted molar refractivity (Wildman–Crippen MR) is 87.7 cm³/mol. The largest absolute Gasteiger partial charge is 0.460 e. The number of amides is 1. The van der Waals surface area contributed by atoms with E-state index in [1.807, 2.05) is 41.5 Å². The van der Waals surface area contributed by atoms with Crippen molar-refractivity contribution < 1.29 is 19.1 Å². The molecule has 0 aromatic heterocycles. The standard InChI is InChI=1S/C17H33NO4/c1-12(2)11-13(18-15(20)22-17(6,7)8)9-10-14(19)21-16(3,4)5/h12-13H,9-11H2,1-8H3,(H,18,20). The molecule has 5 nitrogen and oxygen atoms in total. The van der Waals surface area contributed by atoms with Crippen LogP contribution in [0.3, 0.4) is 0 Å². The molecule has 0 saturated heterocycles. The lowest BCUT2D eigenvalue weighted by Crippen LogP contribution is -2.40. The van der Waals surface area contributed by atoms with E-state index in [1.54, 1.807) is 0 Å². The zero-order chi connectivity index (χ0) is 17.6. The zero-order valence-corrected chi connectivity index (χ0v) is 15.4. The van der Waals surface area contributed by atoms with Crippen LogP contribution in [0.2, 0.25) is 0 Å². The van der Waals surface area contributed by atoms with Gasteiger partial charge in [0, 0.05) is 12.5 Å². The molecular weight excluding hydrogens is 282 g/mol. The summed E-state index contributed by atoms with van der Waals surface area (Å²) in [7, 11) is 0. The Bertz CT molecular complexity index is 364. The van der Waals surface area contributed by atoms with Crippen LogP contribution in [-0.2, 0) is 14.3 Å². The Labute approximate surface area is 135 Å². The molecule has 0 radical (unpaired) electrons. The van der Waals surface area contributed by atoms with Gasteiger partial charge in [-0.2, -0.15) is 0 Å². The summed E-state index contributed by atoms with van der Waals surface area (Å²) in [6.07, 6.45) is 1.18. The third-order valence-corrected chi connectivity index (χ3v) is 2.59. The second kappa shape index (κ2) is 8.39. The molecule has 0 aliphatic rings. The van der Waals surface area contributed by atoms with Crippen molar-refractivity contribution in [2.24, 2.45) is 5.92 Å². The minimum absolute atomic E-state index is 0.0950. The highest BCUT2D eigenvalue weighted by Gasteiger charge is 2.22. The van der Waals surface area contributed by atoms with Crippen LogP contribution in [0.4, 0.5) is 4.79 Å². The van der Waals surface area contributed by atoms with Crippen LogP contribution in [0.15, 0.2) is 0 Å². The second-order valence-electron chi connectivity index (χ2n) is 8.10. The van der Waals surface area contributed by atoms with Crippen LogP contribution in [0.25, 0.3) is 0 Å². The van der Waals surface area contributed by atoms with E-state index in [2.05, 4.69) is 19.2 Å². The van der Waals surface area contributed by atoms with Gasteiger partial charge < -0.3 is 14.8 Å². The molecule has 1 atom stereocenters. The molecule has 0 saturated carbocycles. The number of rotatable bonds is 6. The lowest BCUT2D eigenvalue weighted by atomic mass is 10.00. The number of nitrogens with one attached hydrogen (secondary N) is 1. The summed E-state index contributed by atoms with van der Waals surface area (Å²) in [5, 5.41) is 2.85. The van der Waals surface area contributed by atoms with E-state index in [4.69, 9.17) is 9.47 Å². The Hall–Kier alpha value is -1.26. The van der Waals surface area contributed by atoms with Gasteiger partial charge in [0.25, 0.3) is 0 Å². The molecule has 0 aromatic carbocycles. The third kappa shape index (κ3) is 12.5. The summed E-state index contributed by atoms with van der Waals surface area (Å²) in [5.74, 6) is 0.172. The number of hydrogen-bond donors (Lipinski definition) is 1. The first-order chi connectivity index (χ1) is 9.78. The van der Waals surface area contributed by atoms with Crippen molar-refractivity contribution in [2.45, 2.75) is 91.9 Å². The van der Waals surface area contributed by atoms with Crippen molar-refractivity contribution in [3.05, 3.63) is 0 Å². The minimum Gasteiger partial charge on any atom is -0.460 e. The van der Waals surface area contributed by atoms with Gasteiger partial charge in [0.05, 0.1) is 0 Å². The number of carbonyl (C=O) groups is 2. The second-order valence-corrected chi connectivity index (χ2v) is 8.10. The first kappa shape index (κ1) is 20.7. The molecule has 0 heterocycles. The lowest BCUT2D eigenvalue weighted by molar-refractivity contribution is -0.155. The SMILES string of the molecule is CC(C)CC(CCC(=O)OC(C)(C)C)NC(=O)OC(C)(C)C. The van der Waals surface area contributed by atoms with Crippen molar-refractivity contribution in [2.75, 3.05) is 0 Å². The van der Waals surface area contributed by atoms with E-state index in [0.29, 0.717) is 12.3 Å². The van der Waals surface area contributed by atoms with Crippen molar-refractivity contribution >= 4 is 12.1 Å². The first-order valence-corrected chi connectivity index (χ1v) is 8.00. The average Bonchev–Trinajstić information content (AvgIpc) is 2.19. The molecule has 5 heteroatoms. The molecule has 0 aliphatic heterocycles. The topological polar surface area (TPSA) is 64.6 Å². The number of alkyl carbamates (subject to hydrolysis) is 1. The maximum atomic E-state index is 11.9. The molecule has 0 aliphatic carbocycles. The molecule has 0 aromatic rings. The third-order valence-electron chi connectivity index (χ3n) is 2.59. The van der Waals surface area contributed by atoms with Crippen molar-refractivity contribution in [3.8, 4) is 0 Å². The molecule has 0 fully saturated rings. The number of ether oxygens (including phenoxy) is 2. The lowest BCUT2D eigenvalue weighted by Gasteiger charge is -2.25. The highest BCUT2D eigenvalue weighted by Crippen LogP contribution is 2.15. The van der Waals surface area contributed by atoms with Crippen LogP contribution >= 0.6 is 0 Å². The fourth-order valence-electron chi connectivity index (χ4n) is 1.98. The monoisotopic (exact) mass is 315 g/mol. The smallest absolute Gasteiger partial charge is 0.407 e. The van der Waals surface area contributed by atoms with Gasteiger partial charge in [-0.05, 0) is 60.3 Å². The van der Waals surface area contributed by atoms with Crippen LogP contribution in [0.1, 0.15) is 74.7 Å². The van der Waals surface area contributed by atoms with Crippen molar-refractivity contribution in [1.29, 1.82) is 0 Å². The van der Waals surface area contributed by atoms with Crippen LogP contribution in [0.5, 0.6) is 0 Å². The maximum Gasteiger partial charge on any atom is 0.407 e. The molecule has 0 bridgehead atoms. The van der Waals surface area contributed by atoms with Gasteiger partial charge in [-0.3, -0.25) is 4.79 Å². The van der Waals surface area contributed by atoms with E-state index < -0.39 is 17.3 Å². The summed E-state index contributed by atoms with van der Waals surface area (Å²) in [5.41, 5.74) is -1.01.